The van der Waals surface area contributed by atoms with E-state index in [-0.39, 0.29) is 12.0 Å². The fourth-order valence-electron chi connectivity index (χ4n) is 2.26. The zero-order valence-electron chi connectivity index (χ0n) is 13.3. The molecule has 0 saturated heterocycles. The molecular formula is C18H16F3NO3. The van der Waals surface area contributed by atoms with Crippen molar-refractivity contribution < 1.29 is 27.5 Å². The Kier molecular flexibility index (Phi) is 5.80. The second kappa shape index (κ2) is 7.83. The van der Waals surface area contributed by atoms with Gasteiger partial charge in [-0.25, -0.2) is 0 Å². The molecule has 0 aliphatic carbocycles. The van der Waals surface area contributed by atoms with Crippen molar-refractivity contribution in [3.8, 4) is 5.75 Å². The van der Waals surface area contributed by atoms with Crippen LogP contribution in [0.3, 0.4) is 0 Å². The number of rotatable bonds is 6. The monoisotopic (exact) mass is 351 g/mol. The highest BCUT2D eigenvalue weighted by Crippen LogP contribution is 2.18. The molecule has 2 aromatic rings. The summed E-state index contributed by atoms with van der Waals surface area (Å²) < 4.78 is 42.7. The molecule has 2 rings (SSSR count). The topological polar surface area (TPSA) is 55.4 Å². The number of carbonyl (C=O) groups is 2. The Morgan fingerprint density at radius 3 is 2.16 bits per heavy atom. The highest BCUT2D eigenvalue weighted by molar-refractivity contribution is 6.02. The van der Waals surface area contributed by atoms with Gasteiger partial charge in [-0.15, -0.1) is 0 Å². The second-order valence-electron chi connectivity index (χ2n) is 5.31. The molecule has 0 heterocycles. The Balaban J connectivity index is 2.25. The van der Waals surface area contributed by atoms with Gasteiger partial charge in [-0.05, 0) is 29.8 Å². The van der Waals surface area contributed by atoms with Gasteiger partial charge < -0.3 is 10.1 Å². The number of halogens is 3. The number of hydrogen-bond donors (Lipinski definition) is 1. The summed E-state index contributed by atoms with van der Waals surface area (Å²) in [6.07, 6.45) is -5.11. The van der Waals surface area contributed by atoms with E-state index in [2.05, 4.69) is 0 Å². The van der Waals surface area contributed by atoms with Gasteiger partial charge in [0.05, 0.1) is 13.2 Å². The predicted octanol–water partition coefficient (Wildman–Crippen LogP) is 3.17. The van der Waals surface area contributed by atoms with E-state index in [1.807, 2.05) is 0 Å². The first-order valence-corrected chi connectivity index (χ1v) is 7.41. The SMILES string of the molecule is COc1ccc(C(=O)[C@@H](Cc2ccccc2)NC(=O)C(F)(F)F)cc1. The van der Waals surface area contributed by atoms with Crippen molar-refractivity contribution in [2.75, 3.05) is 7.11 Å². The quantitative estimate of drug-likeness (QED) is 0.814. The molecule has 1 N–H and O–H groups in total. The summed E-state index contributed by atoms with van der Waals surface area (Å²) in [7, 11) is 1.46. The van der Waals surface area contributed by atoms with E-state index in [0.29, 0.717) is 11.3 Å². The molecule has 0 spiro atoms. The van der Waals surface area contributed by atoms with E-state index < -0.39 is 23.9 Å². The van der Waals surface area contributed by atoms with Crippen LogP contribution in [0.5, 0.6) is 5.75 Å². The summed E-state index contributed by atoms with van der Waals surface area (Å²) in [5.74, 6) is -2.24. The van der Waals surface area contributed by atoms with Crippen molar-refractivity contribution in [3.63, 3.8) is 0 Å². The molecule has 7 heteroatoms. The number of ketones is 1. The molecule has 2 aromatic carbocycles. The molecule has 0 aliphatic heterocycles. The summed E-state index contributed by atoms with van der Waals surface area (Å²) in [6, 6.07) is 13.1. The van der Waals surface area contributed by atoms with Crippen LogP contribution in [0.15, 0.2) is 54.6 Å². The molecule has 0 saturated carbocycles. The van der Waals surface area contributed by atoms with Crippen LogP contribution in [0.4, 0.5) is 13.2 Å². The smallest absolute Gasteiger partial charge is 0.471 e. The number of hydrogen-bond acceptors (Lipinski definition) is 3. The maximum absolute atomic E-state index is 12.6. The highest BCUT2D eigenvalue weighted by Gasteiger charge is 2.40. The van der Waals surface area contributed by atoms with Gasteiger partial charge in [0.15, 0.2) is 5.78 Å². The molecule has 1 atom stereocenters. The number of methoxy groups -OCH3 is 1. The number of carbonyl (C=O) groups excluding carboxylic acids is 2. The van der Waals surface area contributed by atoms with Crippen molar-refractivity contribution in [3.05, 3.63) is 65.7 Å². The van der Waals surface area contributed by atoms with Gasteiger partial charge in [-0.3, -0.25) is 9.59 Å². The van der Waals surface area contributed by atoms with Crippen molar-refractivity contribution >= 4 is 11.7 Å². The number of nitrogens with one attached hydrogen (secondary N) is 1. The first-order valence-electron chi connectivity index (χ1n) is 7.41. The molecular weight excluding hydrogens is 335 g/mol. The summed E-state index contributed by atoms with van der Waals surface area (Å²) in [5.41, 5.74) is 0.820. The molecule has 25 heavy (non-hydrogen) atoms. The fraction of sp³-hybridized carbons (Fsp3) is 0.222. The Hall–Kier alpha value is -2.83. The summed E-state index contributed by atoms with van der Waals surface area (Å²) >= 11 is 0. The minimum Gasteiger partial charge on any atom is -0.497 e. The minimum atomic E-state index is -5.06. The standard InChI is InChI=1S/C18H16F3NO3/c1-25-14-9-7-13(8-10-14)16(23)15(22-17(24)18(19,20)21)11-12-5-3-2-4-6-12/h2-10,15H,11H2,1H3,(H,22,24)/t15-/m1/s1. The normalized spacial score (nSPS) is 12.3. The Morgan fingerprint density at radius 1 is 1.04 bits per heavy atom. The lowest BCUT2D eigenvalue weighted by molar-refractivity contribution is -0.174. The third kappa shape index (κ3) is 5.07. The molecule has 0 unspecified atom stereocenters. The van der Waals surface area contributed by atoms with E-state index in [0.717, 1.165) is 0 Å². The van der Waals surface area contributed by atoms with Crippen LogP contribution in [0.1, 0.15) is 15.9 Å². The Bertz CT molecular complexity index is 727. The van der Waals surface area contributed by atoms with Gasteiger partial charge in [-0.2, -0.15) is 13.2 Å². The van der Waals surface area contributed by atoms with E-state index in [9.17, 15) is 22.8 Å². The molecule has 0 aromatic heterocycles. The van der Waals surface area contributed by atoms with Crippen LogP contribution in [0.25, 0.3) is 0 Å². The van der Waals surface area contributed by atoms with Gasteiger partial charge in [-0.1, -0.05) is 30.3 Å². The molecule has 1 amide bonds. The number of Topliss-reactive ketones (excluding diaryl/α,β-unsaturated/α-hetero) is 1. The van der Waals surface area contributed by atoms with Gasteiger partial charge in [0.25, 0.3) is 0 Å². The largest absolute Gasteiger partial charge is 0.497 e. The van der Waals surface area contributed by atoms with E-state index in [1.54, 1.807) is 35.6 Å². The maximum atomic E-state index is 12.6. The molecule has 0 fully saturated rings. The first kappa shape index (κ1) is 18.5. The Morgan fingerprint density at radius 2 is 1.64 bits per heavy atom. The lowest BCUT2D eigenvalue weighted by Gasteiger charge is -2.19. The number of alkyl halides is 3. The zero-order valence-corrected chi connectivity index (χ0v) is 13.3. The first-order chi connectivity index (χ1) is 11.8. The number of amides is 1. The second-order valence-corrected chi connectivity index (χ2v) is 5.31. The van der Waals surface area contributed by atoms with Crippen LogP contribution in [0.2, 0.25) is 0 Å². The highest BCUT2D eigenvalue weighted by atomic mass is 19.4. The zero-order chi connectivity index (χ0) is 18.4. The van der Waals surface area contributed by atoms with Crippen LogP contribution >= 0.6 is 0 Å². The predicted molar refractivity (Wildman–Crippen MR) is 85.5 cm³/mol. The summed E-state index contributed by atoms with van der Waals surface area (Å²) in [6.45, 7) is 0. The van der Waals surface area contributed by atoms with Gasteiger partial charge in [0.1, 0.15) is 5.75 Å². The average molecular weight is 351 g/mol. The average Bonchev–Trinajstić information content (AvgIpc) is 2.60. The minimum absolute atomic E-state index is 0.0481. The van der Waals surface area contributed by atoms with Crippen LogP contribution in [-0.2, 0) is 11.2 Å². The van der Waals surface area contributed by atoms with E-state index in [1.165, 1.54) is 31.4 Å². The third-order valence-electron chi connectivity index (χ3n) is 3.54. The van der Waals surface area contributed by atoms with Gasteiger partial charge in [0, 0.05) is 12.0 Å². The van der Waals surface area contributed by atoms with Crippen LogP contribution in [0, 0.1) is 0 Å². The summed E-state index contributed by atoms with van der Waals surface area (Å²) in [4.78, 5) is 23.9. The van der Waals surface area contributed by atoms with Crippen molar-refractivity contribution in [2.24, 2.45) is 0 Å². The van der Waals surface area contributed by atoms with Crippen LogP contribution in [-0.4, -0.2) is 31.0 Å². The van der Waals surface area contributed by atoms with Crippen LogP contribution < -0.4 is 10.1 Å². The summed E-state index contributed by atoms with van der Waals surface area (Å²) in [5, 5.41) is 1.79. The molecule has 0 radical (unpaired) electrons. The third-order valence-corrected chi connectivity index (χ3v) is 3.54. The van der Waals surface area contributed by atoms with E-state index >= 15 is 0 Å². The lowest BCUT2D eigenvalue weighted by Crippen LogP contribution is -2.48. The maximum Gasteiger partial charge on any atom is 0.471 e. The lowest BCUT2D eigenvalue weighted by atomic mass is 9.97. The van der Waals surface area contributed by atoms with E-state index in [4.69, 9.17) is 4.74 Å². The van der Waals surface area contributed by atoms with Crippen molar-refractivity contribution in [2.45, 2.75) is 18.6 Å². The molecule has 0 aliphatic rings. The van der Waals surface area contributed by atoms with Crippen molar-refractivity contribution in [1.29, 1.82) is 0 Å². The Labute approximate surface area is 142 Å². The number of benzene rings is 2. The molecule has 0 bridgehead atoms. The number of ether oxygens (including phenoxy) is 1. The fourth-order valence-corrected chi connectivity index (χ4v) is 2.26. The van der Waals surface area contributed by atoms with Gasteiger partial charge >= 0.3 is 12.1 Å². The molecule has 4 nitrogen and oxygen atoms in total. The molecule has 132 valence electrons. The van der Waals surface area contributed by atoms with Crippen molar-refractivity contribution in [1.82, 2.24) is 5.32 Å². The van der Waals surface area contributed by atoms with Gasteiger partial charge in [0.2, 0.25) is 0 Å².